The summed E-state index contributed by atoms with van der Waals surface area (Å²) in [5.41, 5.74) is -9.29. The lowest BCUT2D eigenvalue weighted by atomic mass is 9.40. The molecule has 3 atom stereocenters. The molecule has 0 spiro atoms. The zero-order chi connectivity index (χ0) is 44.3. The Morgan fingerprint density at radius 1 is 0.463 bits per heavy atom. The van der Waals surface area contributed by atoms with E-state index in [4.69, 9.17) is 9.47 Å². The van der Waals surface area contributed by atoms with E-state index in [2.05, 4.69) is 138 Å². The van der Waals surface area contributed by atoms with Gasteiger partial charge in [0.1, 0.15) is 11.1 Å². The third-order valence-corrected chi connectivity index (χ3v) is 18.0. The Kier molecular flexibility index (Phi) is 12.3. The highest BCUT2D eigenvalue weighted by atomic mass is 16.7. The second-order valence-corrected chi connectivity index (χ2v) is 25.2. The standard InChI is InChI=1S/C47H90N2O5/c1-34(2,3)42(22,23)53-33(52)45(26)44(25,54-45)32(51)49(30)43(24,40(18,19)47(28,37(10,11)12)38(13,14)15)31(50)48(29)41(20,21)39(16,17)46(27,35(4,5)6)36(7,8)9/h1-30H3. The van der Waals surface area contributed by atoms with Crippen LogP contribution in [0.15, 0.2) is 0 Å². The molecule has 318 valence electrons. The smallest absolute Gasteiger partial charge is 0.342 e. The predicted molar refractivity (Wildman–Crippen MR) is 227 cm³/mol. The Labute approximate surface area is 335 Å². The molecule has 0 bridgehead atoms. The first-order valence-electron chi connectivity index (χ1n) is 20.5. The molecule has 0 aromatic rings. The number of carbonyl (C=O) groups is 3. The summed E-state index contributed by atoms with van der Waals surface area (Å²) in [4.78, 5) is 48.9. The van der Waals surface area contributed by atoms with E-state index in [1.165, 1.54) is 0 Å². The topological polar surface area (TPSA) is 79.5 Å². The molecule has 1 aliphatic rings. The van der Waals surface area contributed by atoms with Crippen molar-refractivity contribution >= 4 is 17.8 Å². The van der Waals surface area contributed by atoms with Gasteiger partial charge in [-0.25, -0.2) is 4.79 Å². The van der Waals surface area contributed by atoms with E-state index in [9.17, 15) is 4.79 Å². The van der Waals surface area contributed by atoms with Crippen molar-refractivity contribution in [2.75, 3.05) is 14.1 Å². The summed E-state index contributed by atoms with van der Waals surface area (Å²) < 4.78 is 12.3. The number of carbonyl (C=O) groups excluding carboxylic acids is 3. The summed E-state index contributed by atoms with van der Waals surface area (Å²) in [5.74, 6) is -1.17. The molecule has 7 nitrogen and oxygen atoms in total. The first kappa shape index (κ1) is 50.4. The second-order valence-electron chi connectivity index (χ2n) is 25.2. The molecule has 1 saturated heterocycles. The van der Waals surface area contributed by atoms with E-state index in [0.29, 0.717) is 0 Å². The number of esters is 1. The normalized spacial score (nSPS) is 22.7. The van der Waals surface area contributed by atoms with Crippen LogP contribution in [0.5, 0.6) is 0 Å². The quantitative estimate of drug-likeness (QED) is 0.164. The van der Waals surface area contributed by atoms with Crippen LogP contribution in [-0.2, 0) is 23.9 Å². The molecule has 1 rings (SSSR count). The van der Waals surface area contributed by atoms with Crippen molar-refractivity contribution in [3.05, 3.63) is 0 Å². The van der Waals surface area contributed by atoms with Crippen LogP contribution in [0.3, 0.4) is 0 Å². The molecule has 0 N–H and O–H groups in total. The van der Waals surface area contributed by atoms with Gasteiger partial charge in [-0.1, -0.05) is 145 Å². The van der Waals surface area contributed by atoms with Crippen LogP contribution >= 0.6 is 0 Å². The van der Waals surface area contributed by atoms with Gasteiger partial charge in [0.15, 0.2) is 5.60 Å². The van der Waals surface area contributed by atoms with Crippen molar-refractivity contribution in [1.82, 2.24) is 9.80 Å². The Hall–Kier alpha value is -1.63. The van der Waals surface area contributed by atoms with E-state index < -0.39 is 56.0 Å². The molecule has 0 aromatic carbocycles. The summed E-state index contributed by atoms with van der Waals surface area (Å²) in [6.45, 7) is 60.2. The van der Waals surface area contributed by atoms with Gasteiger partial charge in [0.2, 0.25) is 11.5 Å². The van der Waals surface area contributed by atoms with E-state index >= 15 is 9.59 Å². The van der Waals surface area contributed by atoms with Gasteiger partial charge in [0.25, 0.3) is 5.91 Å². The zero-order valence-electron chi connectivity index (χ0n) is 41.4. The average molecular weight is 763 g/mol. The highest BCUT2D eigenvalue weighted by molar-refractivity contribution is 6.02. The minimum Gasteiger partial charge on any atom is -0.457 e. The molecule has 1 heterocycles. The van der Waals surface area contributed by atoms with Crippen LogP contribution in [0, 0.1) is 48.7 Å². The zero-order valence-corrected chi connectivity index (χ0v) is 41.4. The van der Waals surface area contributed by atoms with Gasteiger partial charge in [0, 0.05) is 30.5 Å². The van der Waals surface area contributed by atoms with Crippen LogP contribution in [-0.4, -0.2) is 69.6 Å². The number of hydrogen-bond acceptors (Lipinski definition) is 5. The molecule has 54 heavy (non-hydrogen) atoms. The molecular formula is C47H90N2O5. The van der Waals surface area contributed by atoms with Gasteiger partial charge >= 0.3 is 5.97 Å². The largest absolute Gasteiger partial charge is 0.457 e. The van der Waals surface area contributed by atoms with Crippen LogP contribution in [0.1, 0.15) is 194 Å². The lowest BCUT2D eigenvalue weighted by Crippen LogP contribution is -2.75. The van der Waals surface area contributed by atoms with Crippen molar-refractivity contribution in [3.63, 3.8) is 0 Å². The molecule has 0 aliphatic carbocycles. The molecule has 0 saturated carbocycles. The van der Waals surface area contributed by atoms with Gasteiger partial charge in [-0.05, 0) is 86.4 Å². The van der Waals surface area contributed by atoms with Crippen LogP contribution in [0.2, 0.25) is 0 Å². The van der Waals surface area contributed by atoms with Crippen molar-refractivity contribution in [3.8, 4) is 0 Å². The highest BCUT2D eigenvalue weighted by Gasteiger charge is 2.78. The molecule has 0 aromatic heterocycles. The number of amides is 2. The monoisotopic (exact) mass is 763 g/mol. The third-order valence-electron chi connectivity index (χ3n) is 18.0. The minimum absolute atomic E-state index is 0.124. The van der Waals surface area contributed by atoms with E-state index in [1.54, 1.807) is 25.8 Å². The lowest BCUT2D eigenvalue weighted by molar-refractivity contribution is -0.209. The molecule has 0 radical (unpaired) electrons. The molecular weight excluding hydrogens is 673 g/mol. The summed E-state index contributed by atoms with van der Waals surface area (Å²) in [5, 5.41) is 0. The fraction of sp³-hybridized carbons (Fsp3) is 0.936. The van der Waals surface area contributed by atoms with E-state index in [0.717, 1.165) is 0 Å². The maximum absolute atomic E-state index is 16.1. The Morgan fingerprint density at radius 3 is 1.07 bits per heavy atom. The minimum atomic E-state index is -1.55. The number of epoxide rings is 1. The first-order chi connectivity index (χ1) is 23.0. The fourth-order valence-electron chi connectivity index (χ4n) is 10.8. The molecule has 2 amide bonds. The predicted octanol–water partition coefficient (Wildman–Crippen LogP) is 11.6. The van der Waals surface area contributed by atoms with Crippen molar-refractivity contribution in [1.29, 1.82) is 0 Å². The van der Waals surface area contributed by atoms with Crippen molar-refractivity contribution in [2.24, 2.45) is 48.7 Å². The van der Waals surface area contributed by atoms with Gasteiger partial charge in [0.05, 0.1) is 0 Å². The Balaban J connectivity index is 4.27. The van der Waals surface area contributed by atoms with Crippen LogP contribution in [0.25, 0.3) is 0 Å². The van der Waals surface area contributed by atoms with Gasteiger partial charge in [-0.3, -0.25) is 9.59 Å². The Bertz CT molecular complexity index is 1420. The maximum atomic E-state index is 16.1. The van der Waals surface area contributed by atoms with Crippen LogP contribution < -0.4 is 0 Å². The number of likely N-dealkylation sites (N-methyl/N-ethyl adjacent to an activating group) is 2. The Morgan fingerprint density at radius 2 is 0.778 bits per heavy atom. The average Bonchev–Trinajstić information content (AvgIpc) is 3.53. The summed E-state index contributed by atoms with van der Waals surface area (Å²) in [6.07, 6.45) is 0. The summed E-state index contributed by atoms with van der Waals surface area (Å²) in [7, 11) is 3.64. The van der Waals surface area contributed by atoms with Crippen molar-refractivity contribution < 1.29 is 23.9 Å². The fourth-order valence-corrected chi connectivity index (χ4v) is 10.8. The lowest BCUT2D eigenvalue weighted by Gasteiger charge is -2.69. The molecule has 1 aliphatic heterocycles. The molecule has 1 fully saturated rings. The maximum Gasteiger partial charge on any atom is 0.342 e. The third kappa shape index (κ3) is 6.70. The van der Waals surface area contributed by atoms with Gasteiger partial charge in [-0.15, -0.1) is 0 Å². The SMILES string of the molecule is CN(C(=O)C(C)(N(C)C(=O)C1(C)OC1(C)C(=O)OC(C)(C)C(C)(C)C)C(C)(C)C(C)(C(C)(C)C)C(C)(C)C)C(C)(C)C(C)(C)C(C)(C(C)(C)C)C(C)(C)C. The van der Waals surface area contributed by atoms with Crippen LogP contribution in [0.4, 0.5) is 0 Å². The second kappa shape index (κ2) is 13.2. The first-order valence-corrected chi connectivity index (χ1v) is 20.5. The van der Waals surface area contributed by atoms with E-state index in [-0.39, 0.29) is 38.4 Å². The molecule has 7 heteroatoms. The number of hydrogen-bond donors (Lipinski definition) is 0. The highest BCUT2D eigenvalue weighted by Crippen LogP contribution is 2.68. The number of rotatable bonds is 10. The van der Waals surface area contributed by atoms with Crippen molar-refractivity contribution in [2.45, 2.75) is 222 Å². The molecule has 3 unspecified atom stereocenters. The summed E-state index contributed by atoms with van der Waals surface area (Å²) >= 11 is 0. The van der Waals surface area contributed by atoms with Gasteiger partial charge < -0.3 is 19.3 Å². The summed E-state index contributed by atoms with van der Waals surface area (Å²) in [6, 6.07) is 0. The number of ether oxygens (including phenoxy) is 2. The van der Waals surface area contributed by atoms with E-state index in [1.807, 2.05) is 53.5 Å². The number of nitrogens with zero attached hydrogens (tertiary/aromatic N) is 2. The van der Waals surface area contributed by atoms with Gasteiger partial charge in [-0.2, -0.15) is 0 Å².